The maximum absolute atomic E-state index is 11.7. The Bertz CT molecular complexity index is 4510. The van der Waals surface area contributed by atoms with Gasteiger partial charge in [0.25, 0.3) is 0 Å². The minimum Gasteiger partial charge on any atom is -0.507 e. The highest BCUT2D eigenvalue weighted by atomic mass is 16.4. The molecule has 0 bridgehead atoms. The molecule has 0 aromatic heterocycles. The molecule has 0 aliphatic rings. The number of phenols is 2. The van der Waals surface area contributed by atoms with Gasteiger partial charge in [-0.2, -0.15) is 0 Å². The summed E-state index contributed by atoms with van der Waals surface area (Å²) in [5.41, 5.74) is 40.1. The maximum atomic E-state index is 11.7. The number of carboxylic acids is 2. The molecule has 0 unspecified atom stereocenters. The van der Waals surface area contributed by atoms with Crippen molar-refractivity contribution in [2.75, 3.05) is 0 Å². The zero-order valence-corrected chi connectivity index (χ0v) is 52.2. The molecule has 10 aromatic carbocycles. The van der Waals surface area contributed by atoms with E-state index in [0.29, 0.717) is 0 Å². The molecule has 0 aliphatic heterocycles. The van der Waals surface area contributed by atoms with Crippen LogP contribution >= 0.6 is 0 Å². The topological polar surface area (TPSA) is 115 Å². The second-order valence-electron chi connectivity index (χ2n) is 24.4. The molecule has 4 N–H and O–H groups in total. The molecule has 10 aromatic rings. The fraction of sp³-hybridized carbons (Fsp3) is 0.215. The third kappa shape index (κ3) is 10.8. The number of aromatic carboxylic acids is 2. The fourth-order valence-corrected chi connectivity index (χ4v) is 13.2. The lowest BCUT2D eigenvalue weighted by atomic mass is 9.83. The Kier molecular flexibility index (Phi) is 15.5. The van der Waals surface area contributed by atoms with Crippen LogP contribution in [-0.4, -0.2) is 32.4 Å². The Morgan fingerprint density at radius 1 is 0.212 bits per heavy atom. The molecule has 6 heteroatoms. The van der Waals surface area contributed by atoms with Crippen LogP contribution in [0.5, 0.6) is 11.5 Å². The number of rotatable bonds is 11. The number of benzene rings is 10. The van der Waals surface area contributed by atoms with E-state index in [9.17, 15) is 30.0 Å². The number of aryl methyl sites for hydroxylation is 17. The number of carbonyl (C=O) groups is 2. The van der Waals surface area contributed by atoms with Crippen molar-refractivity contribution < 1.29 is 30.0 Å². The monoisotopic (exact) mass is 1120 g/mol. The number of hydrogen-bond acceptors (Lipinski definition) is 4. The van der Waals surface area contributed by atoms with E-state index in [4.69, 9.17) is 0 Å². The summed E-state index contributed by atoms with van der Waals surface area (Å²) < 4.78 is 0. The van der Waals surface area contributed by atoms with Crippen molar-refractivity contribution in [3.05, 3.63) is 233 Å². The van der Waals surface area contributed by atoms with Gasteiger partial charge < -0.3 is 20.4 Å². The summed E-state index contributed by atoms with van der Waals surface area (Å²) in [5, 5.41) is 40.0. The van der Waals surface area contributed by atoms with Gasteiger partial charge in [-0.25, -0.2) is 9.59 Å². The van der Waals surface area contributed by atoms with Crippen molar-refractivity contribution in [1.82, 2.24) is 0 Å². The summed E-state index contributed by atoms with van der Waals surface area (Å²) in [5.74, 6) is -2.78. The Labute approximate surface area is 501 Å². The molecule has 0 atom stereocenters. The highest BCUT2D eigenvalue weighted by Gasteiger charge is 2.22. The predicted molar refractivity (Wildman–Crippen MR) is 353 cm³/mol. The van der Waals surface area contributed by atoms with Gasteiger partial charge in [-0.1, -0.05) is 103 Å². The van der Waals surface area contributed by atoms with Gasteiger partial charge in [0.05, 0.1) is 0 Å². The van der Waals surface area contributed by atoms with Gasteiger partial charge in [0.1, 0.15) is 22.6 Å². The van der Waals surface area contributed by atoms with E-state index < -0.39 is 11.9 Å². The first-order valence-electron chi connectivity index (χ1n) is 29.2. The van der Waals surface area contributed by atoms with Gasteiger partial charge in [-0.05, 0) is 337 Å². The van der Waals surface area contributed by atoms with Crippen molar-refractivity contribution in [2.24, 2.45) is 0 Å². The van der Waals surface area contributed by atoms with Crippen molar-refractivity contribution in [3.63, 3.8) is 0 Å². The summed E-state index contributed by atoms with van der Waals surface area (Å²) in [6.45, 7) is 36.9. The van der Waals surface area contributed by atoms with Gasteiger partial charge in [-0.3, -0.25) is 0 Å². The largest absolute Gasteiger partial charge is 0.507 e. The number of aromatic hydroxyl groups is 2. The summed E-state index contributed by atoms with van der Waals surface area (Å²) in [4.78, 5) is 23.3. The van der Waals surface area contributed by atoms with Crippen molar-refractivity contribution in [1.29, 1.82) is 0 Å². The van der Waals surface area contributed by atoms with Crippen LogP contribution in [0.3, 0.4) is 0 Å². The molecule has 0 heterocycles. The van der Waals surface area contributed by atoms with Gasteiger partial charge in [0.15, 0.2) is 0 Å². The van der Waals surface area contributed by atoms with E-state index >= 15 is 0 Å². The van der Waals surface area contributed by atoms with Crippen LogP contribution in [0.1, 0.15) is 115 Å². The molecule has 428 valence electrons. The van der Waals surface area contributed by atoms with Crippen LogP contribution in [0.25, 0.3) is 100 Å². The molecule has 0 aliphatic carbocycles. The van der Waals surface area contributed by atoms with Crippen molar-refractivity contribution in [2.45, 2.75) is 118 Å². The molecule has 0 saturated carbocycles. The van der Waals surface area contributed by atoms with E-state index in [2.05, 4.69) is 208 Å². The van der Waals surface area contributed by atoms with Crippen molar-refractivity contribution in [3.8, 4) is 112 Å². The van der Waals surface area contributed by atoms with Crippen LogP contribution < -0.4 is 0 Å². The maximum Gasteiger partial charge on any atom is 0.339 e. The quantitative estimate of drug-likeness (QED) is 0.103. The minimum absolute atomic E-state index is 0.0947. The summed E-state index contributed by atoms with van der Waals surface area (Å²) >= 11 is 0. The van der Waals surface area contributed by atoms with Gasteiger partial charge >= 0.3 is 11.9 Å². The lowest BCUT2D eigenvalue weighted by Gasteiger charge is -2.21. The second kappa shape index (κ2) is 22.4. The third-order valence-corrected chi connectivity index (χ3v) is 18.0. The predicted octanol–water partition coefficient (Wildman–Crippen LogP) is 20.7. The van der Waals surface area contributed by atoms with E-state index in [1.807, 2.05) is 6.92 Å². The Morgan fingerprint density at radius 3 is 0.576 bits per heavy atom. The minimum atomic E-state index is -1.15. The normalized spacial score (nSPS) is 11.4. The Morgan fingerprint density at radius 2 is 0.376 bits per heavy atom. The Hall–Kier alpha value is -9.26. The van der Waals surface area contributed by atoms with Crippen LogP contribution in [0.2, 0.25) is 0 Å². The fourth-order valence-electron chi connectivity index (χ4n) is 13.2. The third-order valence-electron chi connectivity index (χ3n) is 18.0. The van der Waals surface area contributed by atoms with Gasteiger partial charge in [0.2, 0.25) is 0 Å². The molecule has 0 radical (unpaired) electrons. The van der Waals surface area contributed by atoms with Gasteiger partial charge in [0, 0.05) is 0 Å². The zero-order valence-electron chi connectivity index (χ0n) is 52.2. The number of hydrogen-bond donors (Lipinski definition) is 4. The van der Waals surface area contributed by atoms with Gasteiger partial charge in [-0.15, -0.1) is 0 Å². The second-order valence-corrected chi connectivity index (χ2v) is 24.4. The molecule has 6 nitrogen and oxygen atoms in total. The molecule has 0 spiro atoms. The zero-order chi connectivity index (χ0) is 61.5. The lowest BCUT2D eigenvalue weighted by molar-refractivity contribution is 0.0682. The lowest BCUT2D eigenvalue weighted by Crippen LogP contribution is -2.00. The van der Waals surface area contributed by atoms with Crippen molar-refractivity contribution >= 4 is 11.9 Å². The van der Waals surface area contributed by atoms with Crippen LogP contribution in [0.4, 0.5) is 0 Å². The van der Waals surface area contributed by atoms with E-state index in [-0.39, 0.29) is 22.6 Å². The van der Waals surface area contributed by atoms with Crippen LogP contribution in [-0.2, 0) is 0 Å². The molecule has 0 amide bonds. The van der Waals surface area contributed by atoms with E-state index in [1.54, 1.807) is 18.2 Å². The summed E-state index contributed by atoms with van der Waals surface area (Å²) in [6, 6.07) is 44.8. The number of carboxylic acid groups (broad SMARTS) is 2. The average Bonchev–Trinajstić information content (AvgIpc) is 1.37. The highest BCUT2D eigenvalue weighted by Crippen LogP contribution is 2.45. The molecule has 0 fully saturated rings. The van der Waals surface area contributed by atoms with E-state index in [0.717, 1.165) is 61.2 Å². The van der Waals surface area contributed by atoms with Crippen LogP contribution in [0, 0.1) is 118 Å². The molecular weight excluding hydrogens is 1040 g/mol. The molecule has 85 heavy (non-hydrogen) atoms. The van der Waals surface area contributed by atoms with E-state index in [1.165, 1.54) is 146 Å². The highest BCUT2D eigenvalue weighted by molar-refractivity contribution is 5.94. The summed E-state index contributed by atoms with van der Waals surface area (Å²) in [6.07, 6.45) is 0. The SMILES string of the molecule is Cc1cc(-c2cc(C)c(-c3cc(C)c(-c4cc(C)c(-c5cc(C)c(-c6cc(C)c(-c7cc(C)c(-c8cc(C)c(-c9cc(O)c(C(=O)O)cc9C)cc8C)cc7C)cc6C)cc5C)cc4C)cc3C)cc2C)c(C)cc1-c1ccc(C(=O)O)c(O)c1. The average molecular weight is 1120 g/mol. The first-order chi connectivity index (χ1) is 40.1. The molecular formula is C79H76O6. The Balaban J connectivity index is 0.899. The molecule has 10 rings (SSSR count). The molecule has 0 saturated heterocycles. The van der Waals surface area contributed by atoms with Crippen LogP contribution in [0.15, 0.2) is 127 Å². The standard InChI is InChI=1S/C79H76O6/c1-39-21-59(40(2)20-58(39)56-18-19-57(78(82)83)76(80)37-56)60-22-42(4)61(23-41(60)3)62-24-44(6)63(25-43(62)5)64-26-46(8)65(27-45(64)7)66-28-48(10)67(29-47(66)9)68-30-50(12)69(31-49(68)11)70-32-52(14)71(33-51(70)13)72-34-54(16)73(35-53(72)15)74-38-77(81)75(79(84)85)36-55(74)17/h18-38,80-81H,1-17H3,(H,82,83)(H,84,85). The smallest absolute Gasteiger partial charge is 0.339 e. The summed E-state index contributed by atoms with van der Waals surface area (Å²) in [7, 11) is 0. The first-order valence-corrected chi connectivity index (χ1v) is 29.2. The first kappa shape index (κ1) is 58.9.